The number of rotatable bonds is 0. The third-order valence-corrected chi connectivity index (χ3v) is 11.6. The second-order valence-corrected chi connectivity index (χ2v) is 12.6. The summed E-state index contributed by atoms with van der Waals surface area (Å²) in [5.41, 5.74) is 2.41. The summed E-state index contributed by atoms with van der Waals surface area (Å²) in [4.78, 5) is 15.1. The van der Waals surface area contributed by atoms with Gasteiger partial charge >= 0.3 is 0 Å². The van der Waals surface area contributed by atoms with Crippen molar-refractivity contribution in [2.75, 3.05) is 6.54 Å². The molecule has 0 N–H and O–H groups in total. The van der Waals surface area contributed by atoms with Crippen LogP contribution in [0.25, 0.3) is 0 Å². The van der Waals surface area contributed by atoms with Gasteiger partial charge in [0, 0.05) is 25.0 Å². The molecule has 2 heteroatoms. The lowest BCUT2D eigenvalue weighted by atomic mass is 9.46. The van der Waals surface area contributed by atoms with Gasteiger partial charge in [0.05, 0.1) is 0 Å². The minimum absolute atomic E-state index is 0.323. The molecule has 3 unspecified atom stereocenters. The Hall–Kier alpha value is -0.630. The Kier molecular flexibility index (Phi) is 4.09. The fourth-order valence-electron chi connectivity index (χ4n) is 10.3. The molecule has 6 aliphatic rings. The molecule has 0 spiro atoms. The molecule has 2 aliphatic heterocycles. The van der Waals surface area contributed by atoms with E-state index < -0.39 is 0 Å². The van der Waals surface area contributed by atoms with Gasteiger partial charge in [-0.1, -0.05) is 33.3 Å². The first kappa shape index (κ1) is 19.1. The van der Waals surface area contributed by atoms with Crippen LogP contribution in [0.15, 0.2) is 11.6 Å². The smallest absolute Gasteiger partial charge is 0.155 e. The van der Waals surface area contributed by atoms with Crippen molar-refractivity contribution in [1.82, 2.24) is 4.90 Å². The quantitative estimate of drug-likeness (QED) is 0.512. The third kappa shape index (κ3) is 2.42. The molecule has 0 radical (unpaired) electrons. The second kappa shape index (κ2) is 6.21. The molecule has 2 heterocycles. The third-order valence-electron chi connectivity index (χ3n) is 11.6. The van der Waals surface area contributed by atoms with Gasteiger partial charge in [0.2, 0.25) is 0 Å². The number of nitrogens with zero attached hydrogens (tertiary/aromatic N) is 1. The van der Waals surface area contributed by atoms with Crippen molar-refractivity contribution in [2.24, 2.45) is 46.3 Å². The van der Waals surface area contributed by atoms with Crippen molar-refractivity contribution in [3.63, 3.8) is 0 Å². The van der Waals surface area contributed by atoms with Gasteiger partial charge in [-0.15, -0.1) is 0 Å². The van der Waals surface area contributed by atoms with Crippen LogP contribution in [-0.2, 0) is 4.79 Å². The number of piperidine rings is 1. The van der Waals surface area contributed by atoms with Crippen LogP contribution in [0.3, 0.4) is 0 Å². The molecule has 0 aromatic carbocycles. The highest BCUT2D eigenvalue weighted by Crippen LogP contribution is 2.70. The van der Waals surface area contributed by atoms with E-state index in [9.17, 15) is 4.79 Å². The Morgan fingerprint density at radius 3 is 2.62 bits per heavy atom. The van der Waals surface area contributed by atoms with Gasteiger partial charge in [0.15, 0.2) is 5.78 Å². The fourth-order valence-corrected chi connectivity index (χ4v) is 10.3. The summed E-state index contributed by atoms with van der Waals surface area (Å²) < 4.78 is 0. The molecule has 6 rings (SSSR count). The number of carbonyl (C=O) groups excluding carboxylic acids is 1. The highest BCUT2D eigenvalue weighted by molar-refractivity contribution is 5.91. The van der Waals surface area contributed by atoms with Crippen LogP contribution in [0.5, 0.6) is 0 Å². The van der Waals surface area contributed by atoms with Crippen molar-refractivity contribution in [1.29, 1.82) is 0 Å². The molecule has 2 nitrogen and oxygen atoms in total. The van der Waals surface area contributed by atoms with Crippen LogP contribution in [-0.4, -0.2) is 29.3 Å². The molecule has 3 saturated carbocycles. The molecular formula is C27H41NO. The Morgan fingerprint density at radius 2 is 1.79 bits per heavy atom. The Bertz CT molecular complexity index is 756. The van der Waals surface area contributed by atoms with Crippen LogP contribution in [0.4, 0.5) is 0 Å². The summed E-state index contributed by atoms with van der Waals surface area (Å²) in [7, 11) is 0. The summed E-state index contributed by atoms with van der Waals surface area (Å²) in [5, 5.41) is 0. The zero-order valence-corrected chi connectivity index (χ0v) is 19.1. The Labute approximate surface area is 177 Å². The van der Waals surface area contributed by atoms with E-state index >= 15 is 0 Å². The van der Waals surface area contributed by atoms with Gasteiger partial charge < -0.3 is 0 Å². The van der Waals surface area contributed by atoms with Crippen molar-refractivity contribution < 1.29 is 4.79 Å². The van der Waals surface area contributed by atoms with Gasteiger partial charge in [-0.3, -0.25) is 9.69 Å². The molecule has 29 heavy (non-hydrogen) atoms. The summed E-state index contributed by atoms with van der Waals surface area (Å²) in [6.45, 7) is 11.7. The van der Waals surface area contributed by atoms with E-state index in [0.29, 0.717) is 16.6 Å². The molecule has 0 aromatic rings. The van der Waals surface area contributed by atoms with Gasteiger partial charge in [0.25, 0.3) is 0 Å². The van der Waals surface area contributed by atoms with Gasteiger partial charge in [-0.05, 0) is 104 Å². The number of allylic oxidation sites excluding steroid dienone is 1. The van der Waals surface area contributed by atoms with Gasteiger partial charge in [-0.25, -0.2) is 0 Å². The predicted molar refractivity (Wildman–Crippen MR) is 117 cm³/mol. The van der Waals surface area contributed by atoms with Crippen LogP contribution in [0.2, 0.25) is 0 Å². The van der Waals surface area contributed by atoms with E-state index in [0.717, 1.165) is 60.4 Å². The van der Waals surface area contributed by atoms with E-state index in [4.69, 9.17) is 0 Å². The monoisotopic (exact) mass is 395 g/mol. The van der Waals surface area contributed by atoms with E-state index in [1.807, 2.05) is 0 Å². The van der Waals surface area contributed by atoms with Crippen molar-refractivity contribution in [2.45, 2.75) is 97.6 Å². The summed E-state index contributed by atoms with van der Waals surface area (Å²) >= 11 is 0. The first-order valence-electron chi connectivity index (χ1n) is 12.8. The predicted octanol–water partition coefficient (Wildman–Crippen LogP) is 5.86. The van der Waals surface area contributed by atoms with Crippen LogP contribution >= 0.6 is 0 Å². The number of ketones is 1. The average molecular weight is 396 g/mol. The zero-order chi connectivity index (χ0) is 20.1. The molecule has 160 valence electrons. The van der Waals surface area contributed by atoms with Crippen LogP contribution < -0.4 is 0 Å². The zero-order valence-electron chi connectivity index (χ0n) is 19.1. The summed E-state index contributed by atoms with van der Waals surface area (Å²) in [6, 6.07) is 1.74. The van der Waals surface area contributed by atoms with Crippen molar-refractivity contribution in [3.8, 4) is 0 Å². The molecule has 4 aliphatic carbocycles. The topological polar surface area (TPSA) is 20.3 Å². The highest BCUT2D eigenvalue weighted by atomic mass is 16.1. The fraction of sp³-hybridized carbons (Fsp3) is 0.889. The van der Waals surface area contributed by atoms with E-state index in [1.165, 1.54) is 57.1 Å². The second-order valence-electron chi connectivity index (χ2n) is 12.6. The summed E-state index contributed by atoms with van der Waals surface area (Å²) in [6.07, 6.45) is 13.8. The molecule has 2 saturated heterocycles. The van der Waals surface area contributed by atoms with Crippen molar-refractivity contribution in [3.05, 3.63) is 11.6 Å². The Morgan fingerprint density at radius 1 is 0.966 bits per heavy atom. The SMILES string of the molecule is C[C@H]1CCC2[C@@H](C)C3C(C[C@H]4[C@@H]5CCC6=CC(=O)CC[C@]6(C)[C@H]5CC[C@]34C)N2C1. The lowest BCUT2D eigenvalue weighted by molar-refractivity contribution is -0.117. The maximum Gasteiger partial charge on any atom is 0.155 e. The summed E-state index contributed by atoms with van der Waals surface area (Å²) in [5.74, 6) is 5.77. The lowest BCUT2D eigenvalue weighted by Gasteiger charge is -2.58. The molecular weight excluding hydrogens is 354 g/mol. The molecule has 5 fully saturated rings. The minimum Gasteiger partial charge on any atom is -0.297 e. The van der Waals surface area contributed by atoms with E-state index in [2.05, 4.69) is 38.7 Å². The number of hydrogen-bond donors (Lipinski definition) is 0. The molecule has 0 amide bonds. The lowest BCUT2D eigenvalue weighted by Crippen LogP contribution is -2.51. The Balaban J connectivity index is 1.33. The number of fused-ring (bicyclic) bond motifs is 9. The van der Waals surface area contributed by atoms with Crippen LogP contribution in [0, 0.1) is 46.3 Å². The van der Waals surface area contributed by atoms with Crippen molar-refractivity contribution >= 4 is 5.78 Å². The van der Waals surface area contributed by atoms with Crippen LogP contribution in [0.1, 0.15) is 85.5 Å². The van der Waals surface area contributed by atoms with E-state index in [-0.39, 0.29) is 0 Å². The molecule has 0 bridgehead atoms. The van der Waals surface area contributed by atoms with E-state index in [1.54, 1.807) is 0 Å². The number of carbonyl (C=O) groups is 1. The first-order valence-corrected chi connectivity index (χ1v) is 12.8. The molecule has 10 atom stereocenters. The van der Waals surface area contributed by atoms with Gasteiger partial charge in [0.1, 0.15) is 0 Å². The maximum absolute atomic E-state index is 12.1. The normalized spacial score (nSPS) is 56.7. The number of hydrogen-bond acceptors (Lipinski definition) is 2. The maximum atomic E-state index is 12.1. The first-order chi connectivity index (χ1) is 13.8. The largest absolute Gasteiger partial charge is 0.297 e. The van der Waals surface area contributed by atoms with Gasteiger partial charge in [-0.2, -0.15) is 0 Å². The standard InChI is InChI=1S/C27H41NO/c1-16-5-8-23-17(2)25-24(28(23)15-16)14-22-20-7-6-18-13-19(29)9-11-26(18,3)21(20)10-12-27(22,25)4/h13,16-17,20-25H,5-12,14-15H2,1-4H3/t16-,17+,20+,21-,22-,23?,24?,25?,26-,27-/m0/s1. The average Bonchev–Trinajstić information content (AvgIpc) is 3.15. The molecule has 0 aromatic heterocycles. The minimum atomic E-state index is 0.323. The highest BCUT2D eigenvalue weighted by Gasteiger charge is 2.66.